The molecule has 1 aliphatic heterocycles. The van der Waals surface area contributed by atoms with Crippen LogP contribution in [0.3, 0.4) is 0 Å². The molecule has 1 atom stereocenters. The van der Waals surface area contributed by atoms with Crippen LogP contribution >= 0.6 is 11.8 Å². The van der Waals surface area contributed by atoms with Gasteiger partial charge in [-0.05, 0) is 31.9 Å². The number of carbonyl (C=O) groups is 1. The van der Waals surface area contributed by atoms with Crippen molar-refractivity contribution in [2.75, 3.05) is 13.1 Å². The summed E-state index contributed by atoms with van der Waals surface area (Å²) in [5.74, 6) is 0.202. The summed E-state index contributed by atoms with van der Waals surface area (Å²) in [6, 6.07) is 9.87. The molecular weight excluding hydrogens is 308 g/mol. The lowest BCUT2D eigenvalue weighted by atomic mass is 10.2. The third-order valence-corrected chi connectivity index (χ3v) is 4.99. The van der Waals surface area contributed by atoms with Gasteiger partial charge in [0.05, 0.1) is 10.9 Å². The van der Waals surface area contributed by atoms with Crippen molar-refractivity contribution < 1.29 is 4.79 Å². The van der Waals surface area contributed by atoms with Crippen LogP contribution in [0.15, 0.2) is 41.8 Å². The van der Waals surface area contributed by atoms with E-state index in [1.165, 1.54) is 24.6 Å². The first-order chi connectivity index (χ1) is 11.2. The van der Waals surface area contributed by atoms with Crippen molar-refractivity contribution in [3.8, 4) is 5.69 Å². The van der Waals surface area contributed by atoms with Crippen LogP contribution in [0.1, 0.15) is 32.6 Å². The van der Waals surface area contributed by atoms with Gasteiger partial charge in [-0.1, -0.05) is 42.8 Å². The van der Waals surface area contributed by atoms with Crippen LogP contribution in [-0.2, 0) is 4.79 Å². The molecule has 0 spiro atoms. The molecule has 0 saturated carbocycles. The largest absolute Gasteiger partial charge is 0.342 e. The first kappa shape index (κ1) is 16.1. The molecule has 1 fully saturated rings. The van der Waals surface area contributed by atoms with Crippen LogP contribution in [0.5, 0.6) is 0 Å². The van der Waals surface area contributed by atoms with E-state index in [2.05, 4.69) is 10.1 Å². The highest BCUT2D eigenvalue weighted by Crippen LogP contribution is 2.22. The maximum absolute atomic E-state index is 12.6. The van der Waals surface area contributed by atoms with Gasteiger partial charge in [-0.15, -0.1) is 5.10 Å². The molecule has 1 unspecified atom stereocenters. The van der Waals surface area contributed by atoms with E-state index < -0.39 is 0 Å². The minimum absolute atomic E-state index is 0.153. The zero-order chi connectivity index (χ0) is 16.1. The molecule has 0 bridgehead atoms. The molecule has 0 N–H and O–H groups in total. The van der Waals surface area contributed by atoms with Crippen LogP contribution in [0.4, 0.5) is 0 Å². The molecule has 5 nitrogen and oxygen atoms in total. The summed E-state index contributed by atoms with van der Waals surface area (Å²) < 4.78 is 1.74. The predicted octanol–water partition coefficient (Wildman–Crippen LogP) is 3.15. The summed E-state index contributed by atoms with van der Waals surface area (Å²) in [5.41, 5.74) is 0.971. The summed E-state index contributed by atoms with van der Waals surface area (Å²) in [5, 5.41) is 4.95. The van der Waals surface area contributed by atoms with Gasteiger partial charge >= 0.3 is 0 Å². The number of benzene rings is 1. The Morgan fingerprint density at radius 3 is 2.52 bits per heavy atom. The Labute approximate surface area is 141 Å². The van der Waals surface area contributed by atoms with Crippen molar-refractivity contribution in [1.82, 2.24) is 19.7 Å². The Hall–Kier alpha value is -1.82. The number of carbonyl (C=O) groups excluding carboxylic acids is 1. The van der Waals surface area contributed by atoms with Crippen LogP contribution in [0, 0.1) is 0 Å². The second-order valence-corrected chi connectivity index (χ2v) is 7.11. The Bertz CT molecular complexity index is 635. The average Bonchev–Trinajstić information content (AvgIpc) is 2.88. The normalized spacial score (nSPS) is 16.8. The second-order valence-electron chi connectivity index (χ2n) is 5.81. The van der Waals surface area contributed by atoms with Gasteiger partial charge in [-0.25, -0.2) is 9.67 Å². The number of nitrogens with zero attached hydrogens (tertiary/aromatic N) is 4. The Balaban J connectivity index is 1.62. The van der Waals surface area contributed by atoms with Gasteiger partial charge in [0, 0.05) is 13.1 Å². The van der Waals surface area contributed by atoms with E-state index in [0.29, 0.717) is 5.16 Å². The van der Waals surface area contributed by atoms with Gasteiger partial charge in [-0.3, -0.25) is 4.79 Å². The van der Waals surface area contributed by atoms with Crippen molar-refractivity contribution in [2.45, 2.75) is 43.0 Å². The molecule has 2 heterocycles. The van der Waals surface area contributed by atoms with E-state index in [1.54, 1.807) is 11.0 Å². The summed E-state index contributed by atoms with van der Waals surface area (Å²) >= 11 is 1.43. The standard InChI is InChI=1S/C17H22N4OS/c1-14(16(22)20-11-7-2-3-8-12-20)23-17-18-13-21(19-17)15-9-5-4-6-10-15/h4-6,9-10,13-14H,2-3,7-8,11-12H2,1H3. The van der Waals surface area contributed by atoms with Crippen molar-refractivity contribution in [1.29, 1.82) is 0 Å². The van der Waals surface area contributed by atoms with E-state index in [4.69, 9.17) is 0 Å². The van der Waals surface area contributed by atoms with Crippen LogP contribution in [0.25, 0.3) is 5.69 Å². The first-order valence-electron chi connectivity index (χ1n) is 8.16. The third kappa shape index (κ3) is 4.13. The van der Waals surface area contributed by atoms with Crippen molar-refractivity contribution in [3.05, 3.63) is 36.7 Å². The number of amides is 1. The highest BCUT2D eigenvalue weighted by atomic mass is 32.2. The number of aromatic nitrogens is 3. The molecular formula is C17H22N4OS. The molecule has 2 aromatic rings. The van der Waals surface area contributed by atoms with E-state index in [-0.39, 0.29) is 11.2 Å². The van der Waals surface area contributed by atoms with E-state index in [1.807, 2.05) is 42.2 Å². The molecule has 1 saturated heterocycles. The first-order valence-corrected chi connectivity index (χ1v) is 9.04. The summed E-state index contributed by atoms with van der Waals surface area (Å²) in [6.45, 7) is 3.71. The van der Waals surface area contributed by atoms with Gasteiger partial charge in [0.2, 0.25) is 11.1 Å². The Morgan fingerprint density at radius 1 is 1.13 bits per heavy atom. The molecule has 1 aromatic carbocycles. The fourth-order valence-electron chi connectivity index (χ4n) is 2.76. The summed E-state index contributed by atoms with van der Waals surface area (Å²) in [4.78, 5) is 18.9. The van der Waals surface area contributed by atoms with E-state index in [9.17, 15) is 4.79 Å². The number of hydrogen-bond donors (Lipinski definition) is 0. The summed E-state index contributed by atoms with van der Waals surface area (Å²) in [6.07, 6.45) is 6.39. The molecule has 122 valence electrons. The highest BCUT2D eigenvalue weighted by Gasteiger charge is 2.23. The SMILES string of the molecule is CC(Sc1ncn(-c2ccccc2)n1)C(=O)N1CCCCCC1. The Morgan fingerprint density at radius 2 is 1.83 bits per heavy atom. The number of thioether (sulfide) groups is 1. The molecule has 1 amide bonds. The zero-order valence-electron chi connectivity index (χ0n) is 13.4. The molecule has 0 radical (unpaired) electrons. The maximum atomic E-state index is 12.6. The monoisotopic (exact) mass is 330 g/mol. The number of para-hydroxylation sites is 1. The maximum Gasteiger partial charge on any atom is 0.235 e. The van der Waals surface area contributed by atoms with E-state index in [0.717, 1.165) is 31.6 Å². The number of likely N-dealkylation sites (tertiary alicyclic amines) is 1. The minimum Gasteiger partial charge on any atom is -0.342 e. The van der Waals surface area contributed by atoms with Crippen LogP contribution < -0.4 is 0 Å². The molecule has 23 heavy (non-hydrogen) atoms. The van der Waals surface area contributed by atoms with Gasteiger partial charge in [0.15, 0.2) is 0 Å². The molecule has 6 heteroatoms. The smallest absolute Gasteiger partial charge is 0.235 e. The van der Waals surface area contributed by atoms with Gasteiger partial charge in [-0.2, -0.15) is 0 Å². The van der Waals surface area contributed by atoms with Crippen molar-refractivity contribution in [3.63, 3.8) is 0 Å². The molecule has 0 aliphatic carbocycles. The van der Waals surface area contributed by atoms with Crippen LogP contribution in [0.2, 0.25) is 0 Å². The summed E-state index contributed by atoms with van der Waals surface area (Å²) in [7, 11) is 0. The fraction of sp³-hybridized carbons (Fsp3) is 0.471. The van der Waals surface area contributed by atoms with Gasteiger partial charge in [0.25, 0.3) is 0 Å². The fourth-order valence-corrected chi connectivity index (χ4v) is 3.57. The molecule has 1 aliphatic rings. The number of rotatable bonds is 4. The minimum atomic E-state index is -0.153. The second kappa shape index (κ2) is 7.64. The predicted molar refractivity (Wildman–Crippen MR) is 91.7 cm³/mol. The molecule has 3 rings (SSSR count). The lowest BCUT2D eigenvalue weighted by molar-refractivity contribution is -0.130. The topological polar surface area (TPSA) is 51.0 Å². The number of hydrogen-bond acceptors (Lipinski definition) is 4. The van der Waals surface area contributed by atoms with Gasteiger partial charge < -0.3 is 4.90 Å². The van der Waals surface area contributed by atoms with E-state index >= 15 is 0 Å². The lowest BCUT2D eigenvalue weighted by Crippen LogP contribution is -2.37. The average molecular weight is 330 g/mol. The quantitative estimate of drug-likeness (QED) is 0.808. The Kier molecular flexibility index (Phi) is 5.33. The molecule has 1 aromatic heterocycles. The highest BCUT2D eigenvalue weighted by molar-refractivity contribution is 8.00. The zero-order valence-corrected chi connectivity index (χ0v) is 14.2. The van der Waals surface area contributed by atoms with Gasteiger partial charge in [0.1, 0.15) is 6.33 Å². The van der Waals surface area contributed by atoms with Crippen molar-refractivity contribution >= 4 is 17.7 Å². The van der Waals surface area contributed by atoms with Crippen molar-refractivity contribution in [2.24, 2.45) is 0 Å². The third-order valence-electron chi connectivity index (χ3n) is 4.04. The van der Waals surface area contributed by atoms with Crippen LogP contribution in [-0.4, -0.2) is 43.9 Å². The lowest BCUT2D eigenvalue weighted by Gasteiger charge is -2.23.